The Morgan fingerprint density at radius 1 is 1.43 bits per heavy atom. The minimum absolute atomic E-state index is 0.0516. The van der Waals surface area contributed by atoms with E-state index in [1.165, 1.54) is 5.56 Å². The first-order chi connectivity index (χ1) is 6.65. The predicted octanol–water partition coefficient (Wildman–Crippen LogP) is 0.959. The quantitative estimate of drug-likeness (QED) is 0.773. The van der Waals surface area contributed by atoms with E-state index in [-0.39, 0.29) is 12.3 Å². The van der Waals surface area contributed by atoms with Crippen molar-refractivity contribution in [3.63, 3.8) is 0 Å². The number of likely N-dealkylation sites (N-methyl/N-ethyl adjacent to an activating group) is 1. The standard InChI is InChI=1S/C11H16N2O/c1-9-5-3-4-6-11(9)13(2)8-10(14)7-12/h3-6H,7-8,12H2,1-2H3. The summed E-state index contributed by atoms with van der Waals surface area (Å²) in [5.74, 6) is 0.0516. The Balaban J connectivity index is 2.74. The Kier molecular flexibility index (Phi) is 3.65. The highest BCUT2D eigenvalue weighted by Crippen LogP contribution is 2.17. The van der Waals surface area contributed by atoms with Crippen molar-refractivity contribution in [2.45, 2.75) is 6.92 Å². The normalized spacial score (nSPS) is 9.93. The number of para-hydroxylation sites is 1. The third-order valence-corrected chi connectivity index (χ3v) is 2.17. The lowest BCUT2D eigenvalue weighted by Gasteiger charge is -2.20. The van der Waals surface area contributed by atoms with Crippen molar-refractivity contribution in [2.75, 3.05) is 25.0 Å². The molecule has 0 saturated carbocycles. The number of ketones is 1. The van der Waals surface area contributed by atoms with E-state index in [4.69, 9.17) is 5.73 Å². The number of hydrogen-bond acceptors (Lipinski definition) is 3. The molecule has 0 radical (unpaired) electrons. The molecule has 1 aromatic carbocycles. The lowest BCUT2D eigenvalue weighted by atomic mass is 10.2. The van der Waals surface area contributed by atoms with Crippen LogP contribution in [0.4, 0.5) is 5.69 Å². The van der Waals surface area contributed by atoms with Gasteiger partial charge in [0.25, 0.3) is 0 Å². The van der Waals surface area contributed by atoms with Crippen LogP contribution in [0.3, 0.4) is 0 Å². The van der Waals surface area contributed by atoms with E-state index < -0.39 is 0 Å². The van der Waals surface area contributed by atoms with Gasteiger partial charge in [-0.3, -0.25) is 4.79 Å². The number of carbonyl (C=O) groups is 1. The average Bonchev–Trinajstić information content (AvgIpc) is 2.18. The molecule has 0 aliphatic carbocycles. The van der Waals surface area contributed by atoms with Gasteiger partial charge in [0, 0.05) is 12.7 Å². The van der Waals surface area contributed by atoms with E-state index >= 15 is 0 Å². The van der Waals surface area contributed by atoms with Crippen LogP contribution in [0.15, 0.2) is 24.3 Å². The van der Waals surface area contributed by atoms with Crippen LogP contribution in [-0.4, -0.2) is 25.9 Å². The fourth-order valence-corrected chi connectivity index (χ4v) is 1.41. The van der Waals surface area contributed by atoms with Crippen LogP contribution in [0.1, 0.15) is 5.56 Å². The number of nitrogens with zero attached hydrogens (tertiary/aromatic N) is 1. The molecule has 0 heterocycles. The van der Waals surface area contributed by atoms with Crippen LogP contribution in [0, 0.1) is 6.92 Å². The summed E-state index contributed by atoms with van der Waals surface area (Å²) in [5, 5.41) is 0. The molecule has 0 aliphatic rings. The van der Waals surface area contributed by atoms with Gasteiger partial charge in [-0.15, -0.1) is 0 Å². The lowest BCUT2D eigenvalue weighted by Crippen LogP contribution is -2.30. The molecule has 14 heavy (non-hydrogen) atoms. The second-order valence-electron chi connectivity index (χ2n) is 3.39. The van der Waals surface area contributed by atoms with E-state index in [9.17, 15) is 4.79 Å². The smallest absolute Gasteiger partial charge is 0.165 e. The molecule has 0 fully saturated rings. The van der Waals surface area contributed by atoms with Gasteiger partial charge in [-0.25, -0.2) is 0 Å². The minimum atomic E-state index is 0.0516. The van der Waals surface area contributed by atoms with E-state index in [1.54, 1.807) is 0 Å². The summed E-state index contributed by atoms with van der Waals surface area (Å²) >= 11 is 0. The lowest BCUT2D eigenvalue weighted by molar-refractivity contribution is -0.116. The number of Topliss-reactive ketones (excluding diaryl/α,β-unsaturated/α-hetero) is 1. The molecule has 0 saturated heterocycles. The van der Waals surface area contributed by atoms with Crippen LogP contribution in [0.2, 0.25) is 0 Å². The summed E-state index contributed by atoms with van der Waals surface area (Å²) in [5.41, 5.74) is 7.50. The molecule has 1 rings (SSSR count). The molecule has 0 bridgehead atoms. The van der Waals surface area contributed by atoms with Crippen molar-refractivity contribution in [1.29, 1.82) is 0 Å². The van der Waals surface area contributed by atoms with Crippen molar-refractivity contribution >= 4 is 11.5 Å². The van der Waals surface area contributed by atoms with Crippen LogP contribution >= 0.6 is 0 Å². The second-order valence-corrected chi connectivity index (χ2v) is 3.39. The molecular formula is C11H16N2O. The fraction of sp³-hybridized carbons (Fsp3) is 0.364. The summed E-state index contributed by atoms with van der Waals surface area (Å²) in [6.07, 6.45) is 0. The topological polar surface area (TPSA) is 46.3 Å². The Hall–Kier alpha value is -1.35. The molecule has 0 aromatic heterocycles. The van der Waals surface area contributed by atoms with Crippen LogP contribution in [-0.2, 0) is 4.79 Å². The Morgan fingerprint density at radius 2 is 2.07 bits per heavy atom. The zero-order valence-electron chi connectivity index (χ0n) is 8.66. The van der Waals surface area contributed by atoms with Gasteiger partial charge in [-0.05, 0) is 18.6 Å². The van der Waals surface area contributed by atoms with Crippen molar-refractivity contribution < 1.29 is 4.79 Å². The molecule has 0 amide bonds. The number of carbonyl (C=O) groups excluding carboxylic acids is 1. The Bertz CT molecular complexity index is 323. The molecule has 3 nitrogen and oxygen atoms in total. The highest BCUT2D eigenvalue weighted by Gasteiger charge is 2.07. The predicted molar refractivity (Wildman–Crippen MR) is 58.5 cm³/mol. The van der Waals surface area contributed by atoms with E-state index in [0.717, 1.165) is 5.69 Å². The molecule has 0 unspecified atom stereocenters. The summed E-state index contributed by atoms with van der Waals surface area (Å²) in [6.45, 7) is 2.51. The molecule has 0 atom stereocenters. The monoisotopic (exact) mass is 192 g/mol. The third kappa shape index (κ3) is 2.57. The largest absolute Gasteiger partial charge is 0.367 e. The van der Waals surface area contributed by atoms with Gasteiger partial charge in [0.05, 0.1) is 13.1 Å². The number of aryl methyl sites for hydroxylation is 1. The zero-order chi connectivity index (χ0) is 10.6. The molecule has 1 aromatic rings. The van der Waals surface area contributed by atoms with Crippen molar-refractivity contribution in [3.8, 4) is 0 Å². The number of nitrogens with two attached hydrogens (primary N) is 1. The summed E-state index contributed by atoms with van der Waals surface area (Å²) in [4.78, 5) is 13.1. The first kappa shape index (κ1) is 10.7. The molecule has 0 aliphatic heterocycles. The number of hydrogen-bond donors (Lipinski definition) is 1. The van der Waals surface area contributed by atoms with E-state index in [2.05, 4.69) is 0 Å². The summed E-state index contributed by atoms with van der Waals surface area (Å²) < 4.78 is 0. The van der Waals surface area contributed by atoms with Gasteiger partial charge in [-0.1, -0.05) is 18.2 Å². The highest BCUT2D eigenvalue weighted by atomic mass is 16.1. The number of rotatable bonds is 4. The molecule has 0 spiro atoms. The van der Waals surface area contributed by atoms with Crippen molar-refractivity contribution in [3.05, 3.63) is 29.8 Å². The van der Waals surface area contributed by atoms with Gasteiger partial charge in [0.15, 0.2) is 5.78 Å². The molecule has 76 valence electrons. The van der Waals surface area contributed by atoms with E-state index in [1.807, 2.05) is 43.1 Å². The van der Waals surface area contributed by atoms with Crippen LogP contribution in [0.25, 0.3) is 0 Å². The van der Waals surface area contributed by atoms with Gasteiger partial charge >= 0.3 is 0 Å². The maximum atomic E-state index is 11.1. The van der Waals surface area contributed by atoms with Gasteiger partial charge in [-0.2, -0.15) is 0 Å². The first-order valence-electron chi connectivity index (χ1n) is 4.63. The minimum Gasteiger partial charge on any atom is -0.367 e. The number of anilines is 1. The van der Waals surface area contributed by atoms with Gasteiger partial charge in [0.1, 0.15) is 0 Å². The second kappa shape index (κ2) is 4.77. The average molecular weight is 192 g/mol. The summed E-state index contributed by atoms with van der Waals surface area (Å²) in [7, 11) is 1.90. The maximum absolute atomic E-state index is 11.1. The Morgan fingerprint density at radius 3 is 2.64 bits per heavy atom. The zero-order valence-corrected chi connectivity index (χ0v) is 8.66. The van der Waals surface area contributed by atoms with Crippen molar-refractivity contribution in [2.24, 2.45) is 5.73 Å². The first-order valence-corrected chi connectivity index (χ1v) is 4.63. The third-order valence-electron chi connectivity index (χ3n) is 2.17. The van der Waals surface area contributed by atoms with Crippen LogP contribution < -0.4 is 10.6 Å². The fourth-order valence-electron chi connectivity index (χ4n) is 1.41. The number of benzene rings is 1. The molecule has 2 N–H and O–H groups in total. The maximum Gasteiger partial charge on any atom is 0.165 e. The SMILES string of the molecule is Cc1ccccc1N(C)CC(=O)CN. The molecular weight excluding hydrogens is 176 g/mol. The highest BCUT2D eigenvalue weighted by molar-refractivity contribution is 5.85. The van der Waals surface area contributed by atoms with E-state index in [0.29, 0.717) is 6.54 Å². The molecule has 3 heteroatoms. The van der Waals surface area contributed by atoms with Crippen LogP contribution in [0.5, 0.6) is 0 Å². The summed E-state index contributed by atoms with van der Waals surface area (Å²) in [6, 6.07) is 7.97. The van der Waals surface area contributed by atoms with Gasteiger partial charge < -0.3 is 10.6 Å². The van der Waals surface area contributed by atoms with Crippen molar-refractivity contribution in [1.82, 2.24) is 0 Å². The van der Waals surface area contributed by atoms with Gasteiger partial charge in [0.2, 0.25) is 0 Å². The Labute approximate surface area is 84.5 Å².